The monoisotopic (exact) mass is 273 g/mol. The lowest BCUT2D eigenvalue weighted by Gasteiger charge is -2.40. The van der Waals surface area contributed by atoms with Crippen molar-refractivity contribution < 1.29 is 9.53 Å². The smallest absolute Gasteiger partial charge is 0.134 e. The number of para-hydroxylation sites is 1. The number of nitrogens with two attached hydrogens (primary N) is 1. The second kappa shape index (κ2) is 5.57. The lowest BCUT2D eigenvalue weighted by molar-refractivity contribution is -0.123. The van der Waals surface area contributed by atoms with Crippen LogP contribution in [0.3, 0.4) is 0 Å². The molecule has 1 atom stereocenters. The van der Waals surface area contributed by atoms with Gasteiger partial charge in [-0.05, 0) is 48.8 Å². The topological polar surface area (TPSA) is 52.3 Å². The second-order valence-corrected chi connectivity index (χ2v) is 6.35. The zero-order valence-corrected chi connectivity index (χ0v) is 11.9. The van der Waals surface area contributed by atoms with Gasteiger partial charge in [-0.25, -0.2) is 0 Å². The van der Waals surface area contributed by atoms with Crippen LogP contribution in [0, 0.1) is 5.41 Å². The molecule has 0 spiro atoms. The summed E-state index contributed by atoms with van der Waals surface area (Å²) in [6.07, 6.45) is 5.73. The molecule has 0 radical (unpaired) electrons. The number of fused-ring (bicyclic) bond motifs is 1. The van der Waals surface area contributed by atoms with Crippen LogP contribution in [0.25, 0.3) is 0 Å². The average Bonchev–Trinajstić information content (AvgIpc) is 2.43. The minimum absolute atomic E-state index is 0.127. The molecule has 0 saturated heterocycles. The molecule has 3 nitrogen and oxygen atoms in total. The van der Waals surface area contributed by atoms with Gasteiger partial charge in [0.2, 0.25) is 0 Å². The van der Waals surface area contributed by atoms with Gasteiger partial charge >= 0.3 is 0 Å². The van der Waals surface area contributed by atoms with Crippen molar-refractivity contribution in [3.63, 3.8) is 0 Å². The van der Waals surface area contributed by atoms with Gasteiger partial charge in [-0.15, -0.1) is 0 Å². The summed E-state index contributed by atoms with van der Waals surface area (Å²) in [5, 5.41) is 0. The summed E-state index contributed by atoms with van der Waals surface area (Å²) in [5.74, 6) is 1.65. The fourth-order valence-corrected chi connectivity index (χ4v) is 3.52. The maximum Gasteiger partial charge on any atom is 0.134 e. The van der Waals surface area contributed by atoms with Crippen LogP contribution in [0.1, 0.15) is 50.0 Å². The van der Waals surface area contributed by atoms with E-state index < -0.39 is 0 Å². The van der Waals surface area contributed by atoms with Crippen LogP contribution >= 0.6 is 0 Å². The summed E-state index contributed by atoms with van der Waals surface area (Å²) < 4.78 is 5.66. The van der Waals surface area contributed by atoms with Crippen LogP contribution in [-0.4, -0.2) is 18.9 Å². The van der Waals surface area contributed by atoms with Gasteiger partial charge in [-0.3, -0.25) is 4.79 Å². The van der Waals surface area contributed by atoms with Crippen molar-refractivity contribution in [3.8, 4) is 5.75 Å². The number of hydrogen-bond acceptors (Lipinski definition) is 3. The van der Waals surface area contributed by atoms with Crippen molar-refractivity contribution in [2.24, 2.45) is 11.1 Å². The van der Waals surface area contributed by atoms with E-state index in [0.717, 1.165) is 31.6 Å². The fraction of sp³-hybridized carbons (Fsp3) is 0.588. The Morgan fingerprint density at radius 1 is 1.35 bits per heavy atom. The van der Waals surface area contributed by atoms with E-state index in [1.54, 1.807) is 0 Å². The molecule has 1 aliphatic heterocycles. The van der Waals surface area contributed by atoms with Gasteiger partial charge in [0.1, 0.15) is 11.5 Å². The molecule has 0 bridgehead atoms. The van der Waals surface area contributed by atoms with Crippen LogP contribution in [-0.2, 0) is 4.79 Å². The molecule has 2 aliphatic rings. The second-order valence-electron chi connectivity index (χ2n) is 6.35. The number of benzene rings is 1. The Balaban J connectivity index is 1.65. The van der Waals surface area contributed by atoms with E-state index in [2.05, 4.69) is 6.07 Å². The standard InChI is InChI=1S/C17H23NO2/c18-12-17(7-3-8-17)11-14(19)10-13-6-9-20-16-5-2-1-4-15(13)16/h1-2,4-5,13H,3,6-12,18H2. The van der Waals surface area contributed by atoms with E-state index >= 15 is 0 Å². The molecule has 1 unspecified atom stereocenters. The normalized spacial score (nSPS) is 23.4. The molecular formula is C17H23NO2. The summed E-state index contributed by atoms with van der Waals surface area (Å²) in [7, 11) is 0. The molecule has 108 valence electrons. The molecule has 1 saturated carbocycles. The molecule has 1 aromatic carbocycles. The van der Waals surface area contributed by atoms with Crippen LogP contribution in [0.15, 0.2) is 24.3 Å². The highest BCUT2D eigenvalue weighted by atomic mass is 16.5. The van der Waals surface area contributed by atoms with Crippen molar-refractivity contribution in [1.29, 1.82) is 0 Å². The third kappa shape index (κ3) is 2.59. The van der Waals surface area contributed by atoms with Gasteiger partial charge < -0.3 is 10.5 Å². The van der Waals surface area contributed by atoms with E-state index in [0.29, 0.717) is 31.1 Å². The maximum absolute atomic E-state index is 12.4. The summed E-state index contributed by atoms with van der Waals surface area (Å²) in [6.45, 7) is 1.38. The lowest BCUT2D eigenvalue weighted by atomic mass is 9.65. The van der Waals surface area contributed by atoms with Crippen molar-refractivity contribution in [2.45, 2.75) is 44.4 Å². The predicted molar refractivity (Wildman–Crippen MR) is 78.9 cm³/mol. The molecule has 0 amide bonds. The Morgan fingerprint density at radius 2 is 2.15 bits per heavy atom. The predicted octanol–water partition coefficient (Wildman–Crippen LogP) is 3.03. The van der Waals surface area contributed by atoms with Crippen molar-refractivity contribution in [2.75, 3.05) is 13.2 Å². The molecule has 1 aliphatic carbocycles. The van der Waals surface area contributed by atoms with Crippen LogP contribution in [0.4, 0.5) is 0 Å². The van der Waals surface area contributed by atoms with Crippen LogP contribution < -0.4 is 10.5 Å². The first-order chi connectivity index (χ1) is 9.72. The first-order valence-corrected chi connectivity index (χ1v) is 7.66. The van der Waals surface area contributed by atoms with E-state index in [9.17, 15) is 4.79 Å². The highest BCUT2D eigenvalue weighted by Gasteiger charge is 2.38. The number of carbonyl (C=O) groups is 1. The molecule has 3 heteroatoms. The molecule has 20 heavy (non-hydrogen) atoms. The van der Waals surface area contributed by atoms with Gasteiger partial charge in [0.15, 0.2) is 0 Å². The Labute approximate surface area is 120 Å². The Bertz CT molecular complexity index is 488. The highest BCUT2D eigenvalue weighted by Crippen LogP contribution is 2.44. The van der Waals surface area contributed by atoms with Crippen molar-refractivity contribution in [1.82, 2.24) is 0 Å². The minimum atomic E-state index is 0.127. The van der Waals surface area contributed by atoms with Gasteiger partial charge in [0.05, 0.1) is 6.61 Å². The van der Waals surface area contributed by atoms with Crippen LogP contribution in [0.2, 0.25) is 0 Å². The van der Waals surface area contributed by atoms with Crippen molar-refractivity contribution >= 4 is 5.78 Å². The van der Waals surface area contributed by atoms with Crippen LogP contribution in [0.5, 0.6) is 5.75 Å². The van der Waals surface area contributed by atoms with Gasteiger partial charge in [0.25, 0.3) is 0 Å². The molecule has 1 aromatic rings. The van der Waals surface area contributed by atoms with E-state index in [1.165, 1.54) is 12.0 Å². The average molecular weight is 273 g/mol. The Hall–Kier alpha value is -1.35. The van der Waals surface area contributed by atoms with E-state index in [4.69, 9.17) is 10.5 Å². The third-order valence-corrected chi connectivity index (χ3v) is 4.98. The molecule has 1 fully saturated rings. The molecule has 1 heterocycles. The first-order valence-electron chi connectivity index (χ1n) is 7.66. The number of rotatable bonds is 5. The van der Waals surface area contributed by atoms with Crippen molar-refractivity contribution in [3.05, 3.63) is 29.8 Å². The fourth-order valence-electron chi connectivity index (χ4n) is 3.52. The Morgan fingerprint density at radius 3 is 2.85 bits per heavy atom. The SMILES string of the molecule is NCC1(CC(=O)CC2CCOc3ccccc32)CCC1. The lowest BCUT2D eigenvalue weighted by Crippen LogP contribution is -2.39. The summed E-state index contributed by atoms with van der Waals surface area (Å²) in [4.78, 5) is 12.4. The van der Waals surface area contributed by atoms with E-state index in [-0.39, 0.29) is 5.41 Å². The number of hydrogen-bond donors (Lipinski definition) is 1. The zero-order valence-electron chi connectivity index (χ0n) is 11.9. The molecule has 0 aromatic heterocycles. The third-order valence-electron chi connectivity index (χ3n) is 4.98. The quantitative estimate of drug-likeness (QED) is 0.897. The van der Waals surface area contributed by atoms with E-state index in [1.807, 2.05) is 18.2 Å². The Kier molecular flexibility index (Phi) is 3.79. The number of Topliss-reactive ketones (excluding diaryl/α,β-unsaturated/α-hetero) is 1. The number of ketones is 1. The highest BCUT2D eigenvalue weighted by molar-refractivity contribution is 5.80. The van der Waals surface area contributed by atoms with Gasteiger partial charge in [-0.1, -0.05) is 24.6 Å². The maximum atomic E-state index is 12.4. The van der Waals surface area contributed by atoms with Gasteiger partial charge in [-0.2, -0.15) is 0 Å². The largest absolute Gasteiger partial charge is 0.493 e. The number of carbonyl (C=O) groups excluding carboxylic acids is 1. The molecular weight excluding hydrogens is 250 g/mol. The number of ether oxygens (including phenoxy) is 1. The summed E-state index contributed by atoms with van der Waals surface area (Å²) in [5.41, 5.74) is 7.18. The molecule has 3 rings (SSSR count). The molecule has 2 N–H and O–H groups in total. The summed E-state index contributed by atoms with van der Waals surface area (Å²) >= 11 is 0. The first kappa shape index (κ1) is 13.6. The summed E-state index contributed by atoms with van der Waals surface area (Å²) in [6, 6.07) is 8.10. The van der Waals surface area contributed by atoms with Gasteiger partial charge in [0, 0.05) is 12.8 Å². The zero-order chi connectivity index (χ0) is 14.0. The minimum Gasteiger partial charge on any atom is -0.493 e.